The van der Waals surface area contributed by atoms with Gasteiger partial charge in [0.05, 0.1) is 17.2 Å². The minimum atomic E-state index is 0.805. The van der Waals surface area contributed by atoms with Crippen LogP contribution >= 0.6 is 0 Å². The molecule has 2 heterocycles. The molecule has 5 nitrogen and oxygen atoms in total. The zero-order valence-corrected chi connectivity index (χ0v) is 12.2. The number of nitrogens with one attached hydrogen (secondary N) is 1. The number of rotatable bonds is 6. The second-order valence-electron chi connectivity index (χ2n) is 4.99. The Hall–Kier alpha value is -2.40. The van der Waals surface area contributed by atoms with Crippen LogP contribution < -0.4 is 5.32 Å². The normalized spacial score (nSPS) is 11.1. The number of imidazole rings is 1. The lowest BCUT2D eigenvalue weighted by molar-refractivity contribution is 0.597. The molecule has 0 atom stereocenters. The maximum Gasteiger partial charge on any atom is 0.106 e. The standard InChI is InChI=1S/C16H19N5/c1-3-20-12-14(11-18-20)10-17-8-9-21-13(2)19-15-6-4-5-7-16(15)21/h3-7,11-12,17H,1,8-10H2,2H3. The Morgan fingerprint density at radius 3 is 3.00 bits per heavy atom. The van der Waals surface area contributed by atoms with Gasteiger partial charge in [-0.1, -0.05) is 18.7 Å². The van der Waals surface area contributed by atoms with Crippen molar-refractivity contribution in [2.75, 3.05) is 6.54 Å². The van der Waals surface area contributed by atoms with Gasteiger partial charge in [-0.05, 0) is 19.1 Å². The van der Waals surface area contributed by atoms with E-state index in [0.717, 1.165) is 36.5 Å². The summed E-state index contributed by atoms with van der Waals surface area (Å²) < 4.78 is 3.96. The summed E-state index contributed by atoms with van der Waals surface area (Å²) in [5.41, 5.74) is 3.40. The smallest absolute Gasteiger partial charge is 0.106 e. The molecule has 0 amide bonds. The molecule has 3 aromatic rings. The third-order valence-electron chi connectivity index (χ3n) is 3.53. The average Bonchev–Trinajstić information content (AvgIpc) is 3.08. The van der Waals surface area contributed by atoms with Crippen LogP contribution in [0.2, 0.25) is 0 Å². The maximum absolute atomic E-state index is 4.58. The van der Waals surface area contributed by atoms with E-state index in [0.29, 0.717) is 0 Å². The molecule has 0 aliphatic rings. The molecule has 0 saturated heterocycles. The predicted molar refractivity (Wildman–Crippen MR) is 84.8 cm³/mol. The summed E-state index contributed by atoms with van der Waals surface area (Å²) in [5.74, 6) is 1.05. The minimum absolute atomic E-state index is 0.805. The fraction of sp³-hybridized carbons (Fsp3) is 0.250. The molecule has 0 bridgehead atoms. The summed E-state index contributed by atoms with van der Waals surface area (Å²) in [7, 11) is 0. The van der Waals surface area contributed by atoms with Crippen molar-refractivity contribution in [1.82, 2.24) is 24.6 Å². The van der Waals surface area contributed by atoms with Gasteiger partial charge in [0.2, 0.25) is 0 Å². The van der Waals surface area contributed by atoms with Crippen molar-refractivity contribution in [1.29, 1.82) is 0 Å². The van der Waals surface area contributed by atoms with Crippen LogP contribution in [0.3, 0.4) is 0 Å². The van der Waals surface area contributed by atoms with E-state index in [2.05, 4.69) is 44.7 Å². The van der Waals surface area contributed by atoms with E-state index < -0.39 is 0 Å². The molecular formula is C16H19N5. The summed E-state index contributed by atoms with van der Waals surface area (Å²) in [6.07, 6.45) is 5.51. The van der Waals surface area contributed by atoms with Crippen molar-refractivity contribution in [2.24, 2.45) is 0 Å². The molecule has 5 heteroatoms. The first kappa shape index (κ1) is 13.6. The van der Waals surface area contributed by atoms with Crippen molar-refractivity contribution >= 4 is 17.2 Å². The third kappa shape index (κ3) is 2.87. The molecule has 0 fully saturated rings. The van der Waals surface area contributed by atoms with Gasteiger partial charge in [-0.25, -0.2) is 9.67 Å². The van der Waals surface area contributed by atoms with Crippen LogP contribution in [0, 0.1) is 6.92 Å². The van der Waals surface area contributed by atoms with E-state index in [9.17, 15) is 0 Å². The van der Waals surface area contributed by atoms with Gasteiger partial charge < -0.3 is 9.88 Å². The molecule has 1 aromatic carbocycles. The number of nitrogens with zero attached hydrogens (tertiary/aromatic N) is 4. The van der Waals surface area contributed by atoms with Crippen molar-refractivity contribution < 1.29 is 0 Å². The Balaban J connectivity index is 1.59. The fourth-order valence-corrected chi connectivity index (χ4v) is 2.47. The van der Waals surface area contributed by atoms with Gasteiger partial charge in [0.1, 0.15) is 5.82 Å². The summed E-state index contributed by atoms with van der Waals surface area (Å²) in [4.78, 5) is 4.58. The Morgan fingerprint density at radius 2 is 2.19 bits per heavy atom. The molecule has 1 N–H and O–H groups in total. The first-order valence-electron chi connectivity index (χ1n) is 7.06. The molecule has 21 heavy (non-hydrogen) atoms. The molecule has 0 aliphatic carbocycles. The van der Waals surface area contributed by atoms with E-state index >= 15 is 0 Å². The molecule has 0 radical (unpaired) electrons. The van der Waals surface area contributed by atoms with Gasteiger partial charge in [-0.3, -0.25) is 0 Å². The van der Waals surface area contributed by atoms with Crippen LogP contribution in [-0.4, -0.2) is 25.9 Å². The van der Waals surface area contributed by atoms with Crippen LogP contribution in [0.4, 0.5) is 0 Å². The number of hydrogen-bond donors (Lipinski definition) is 1. The highest BCUT2D eigenvalue weighted by Gasteiger charge is 2.05. The summed E-state index contributed by atoms with van der Waals surface area (Å²) >= 11 is 0. The van der Waals surface area contributed by atoms with E-state index in [1.165, 1.54) is 5.52 Å². The number of para-hydroxylation sites is 2. The number of benzene rings is 1. The summed E-state index contributed by atoms with van der Waals surface area (Å²) in [6, 6.07) is 8.24. The molecule has 2 aromatic heterocycles. The first-order valence-corrected chi connectivity index (χ1v) is 7.06. The van der Waals surface area contributed by atoms with Crippen molar-refractivity contribution in [3.8, 4) is 0 Å². The Morgan fingerprint density at radius 1 is 1.33 bits per heavy atom. The Labute approximate surface area is 123 Å². The van der Waals surface area contributed by atoms with E-state index in [1.54, 1.807) is 10.9 Å². The first-order chi connectivity index (χ1) is 10.3. The molecule has 0 saturated carbocycles. The van der Waals surface area contributed by atoms with E-state index in [4.69, 9.17) is 0 Å². The molecule has 3 rings (SSSR count). The maximum atomic E-state index is 4.58. The quantitative estimate of drug-likeness (QED) is 0.706. The van der Waals surface area contributed by atoms with Crippen LogP contribution in [0.15, 0.2) is 43.2 Å². The molecule has 0 unspecified atom stereocenters. The largest absolute Gasteiger partial charge is 0.327 e. The van der Waals surface area contributed by atoms with Gasteiger partial charge in [0.15, 0.2) is 0 Å². The predicted octanol–water partition coefficient (Wildman–Crippen LogP) is 2.43. The highest BCUT2D eigenvalue weighted by molar-refractivity contribution is 5.75. The summed E-state index contributed by atoms with van der Waals surface area (Å²) in [6.45, 7) is 8.33. The average molecular weight is 281 g/mol. The van der Waals surface area contributed by atoms with Gasteiger partial charge in [0.25, 0.3) is 0 Å². The molecule has 108 valence electrons. The van der Waals surface area contributed by atoms with Crippen LogP contribution in [0.5, 0.6) is 0 Å². The number of aromatic nitrogens is 4. The summed E-state index contributed by atoms with van der Waals surface area (Å²) in [5, 5.41) is 7.59. The molecular weight excluding hydrogens is 262 g/mol. The molecule has 0 spiro atoms. The minimum Gasteiger partial charge on any atom is -0.327 e. The SMILES string of the molecule is C=Cn1cc(CNCCn2c(C)nc3ccccc32)cn1. The van der Waals surface area contributed by atoms with Gasteiger partial charge >= 0.3 is 0 Å². The van der Waals surface area contributed by atoms with Crippen LogP contribution in [0.1, 0.15) is 11.4 Å². The zero-order chi connectivity index (χ0) is 14.7. The van der Waals surface area contributed by atoms with E-state index in [1.807, 2.05) is 25.4 Å². The second kappa shape index (κ2) is 5.93. The fourth-order valence-electron chi connectivity index (χ4n) is 2.47. The monoisotopic (exact) mass is 281 g/mol. The number of hydrogen-bond acceptors (Lipinski definition) is 3. The third-order valence-corrected chi connectivity index (χ3v) is 3.53. The van der Waals surface area contributed by atoms with Crippen molar-refractivity contribution in [2.45, 2.75) is 20.0 Å². The Bertz CT molecular complexity index is 753. The number of fused-ring (bicyclic) bond motifs is 1. The number of aryl methyl sites for hydroxylation is 1. The highest BCUT2D eigenvalue weighted by atomic mass is 15.2. The lowest BCUT2D eigenvalue weighted by atomic mass is 10.3. The Kier molecular flexibility index (Phi) is 3.83. The lowest BCUT2D eigenvalue weighted by Gasteiger charge is -2.07. The van der Waals surface area contributed by atoms with Crippen molar-refractivity contribution in [3.05, 3.63) is 54.6 Å². The van der Waals surface area contributed by atoms with Gasteiger partial charge in [-0.15, -0.1) is 0 Å². The van der Waals surface area contributed by atoms with Gasteiger partial charge in [-0.2, -0.15) is 5.10 Å². The van der Waals surface area contributed by atoms with Crippen LogP contribution in [-0.2, 0) is 13.1 Å². The lowest BCUT2D eigenvalue weighted by Crippen LogP contribution is -2.19. The van der Waals surface area contributed by atoms with Crippen molar-refractivity contribution in [3.63, 3.8) is 0 Å². The van der Waals surface area contributed by atoms with Crippen LogP contribution in [0.25, 0.3) is 17.2 Å². The molecule has 0 aliphatic heterocycles. The highest BCUT2D eigenvalue weighted by Crippen LogP contribution is 2.14. The van der Waals surface area contributed by atoms with E-state index in [-0.39, 0.29) is 0 Å². The second-order valence-corrected chi connectivity index (χ2v) is 4.99. The van der Waals surface area contributed by atoms with Gasteiger partial charge in [0, 0.05) is 37.6 Å². The topological polar surface area (TPSA) is 47.7 Å². The zero-order valence-electron chi connectivity index (χ0n) is 12.2.